The molecule has 6 heteroatoms. The van der Waals surface area contributed by atoms with Gasteiger partial charge in [-0.1, -0.05) is 19.1 Å². The molecule has 1 amide bonds. The third-order valence-electron chi connectivity index (χ3n) is 3.23. The molecule has 0 aliphatic heterocycles. The van der Waals surface area contributed by atoms with Crippen LogP contribution in [0.1, 0.15) is 38.3 Å². The first-order valence-electron chi connectivity index (χ1n) is 6.99. The van der Waals surface area contributed by atoms with Crippen molar-refractivity contribution in [1.82, 2.24) is 5.32 Å². The lowest BCUT2D eigenvalue weighted by Gasteiger charge is -2.18. The molecule has 2 atom stereocenters. The summed E-state index contributed by atoms with van der Waals surface area (Å²) in [5, 5.41) is 2.86. The van der Waals surface area contributed by atoms with Crippen molar-refractivity contribution in [2.45, 2.75) is 39.3 Å². The number of hydrogen-bond acceptors (Lipinski definition) is 3. The molecule has 0 fully saturated rings. The lowest BCUT2D eigenvalue weighted by molar-refractivity contribution is -0.125. The summed E-state index contributed by atoms with van der Waals surface area (Å²) in [6, 6.07) is 6.05. The molecule has 0 saturated heterocycles. The highest BCUT2D eigenvalue weighted by Gasteiger charge is 2.16. The minimum atomic E-state index is -2.86. The Morgan fingerprint density at radius 1 is 1.38 bits per heavy atom. The summed E-state index contributed by atoms with van der Waals surface area (Å²) in [7, 11) is 0. The maximum absolute atomic E-state index is 12.2. The molecule has 21 heavy (non-hydrogen) atoms. The number of carbonyl (C=O) groups excluding carboxylic acids is 1. The normalized spacial score (nSPS) is 13.8. The summed E-state index contributed by atoms with van der Waals surface area (Å²) in [5.41, 5.74) is 6.13. The number of halogens is 2. The van der Waals surface area contributed by atoms with E-state index in [9.17, 15) is 13.6 Å². The Hall–Kier alpha value is -1.69. The van der Waals surface area contributed by atoms with Gasteiger partial charge in [-0.15, -0.1) is 0 Å². The number of ether oxygens (including phenoxy) is 1. The van der Waals surface area contributed by atoms with E-state index >= 15 is 0 Å². The van der Waals surface area contributed by atoms with E-state index in [1.54, 1.807) is 19.1 Å². The summed E-state index contributed by atoms with van der Waals surface area (Å²) in [4.78, 5) is 12.0. The molecule has 0 heterocycles. The summed E-state index contributed by atoms with van der Waals surface area (Å²) in [6.07, 6.45) is 1.52. The maximum atomic E-state index is 12.2. The molecule has 3 N–H and O–H groups in total. The Morgan fingerprint density at radius 3 is 2.71 bits per heavy atom. The highest BCUT2D eigenvalue weighted by Crippen LogP contribution is 2.21. The second-order valence-corrected chi connectivity index (χ2v) is 5.01. The summed E-state index contributed by atoms with van der Waals surface area (Å²) in [6.45, 7) is 1.34. The molecule has 0 aliphatic carbocycles. The van der Waals surface area contributed by atoms with Crippen molar-refractivity contribution in [2.24, 2.45) is 11.7 Å². The van der Waals surface area contributed by atoms with Gasteiger partial charge in [-0.25, -0.2) is 0 Å². The number of amides is 1. The van der Waals surface area contributed by atoms with Crippen LogP contribution in [-0.4, -0.2) is 19.1 Å². The molecule has 0 spiro atoms. The van der Waals surface area contributed by atoms with Crippen molar-refractivity contribution < 1.29 is 18.3 Å². The fraction of sp³-hybridized carbons (Fsp3) is 0.533. The summed E-state index contributed by atoms with van der Waals surface area (Å²) in [5.74, 6) is -0.118. The first kappa shape index (κ1) is 17.4. The van der Waals surface area contributed by atoms with Crippen LogP contribution in [0.3, 0.4) is 0 Å². The standard InChI is InChI=1S/C15H22F2N2O2/c1-10(5-4-8-18)14(20)19-11(2)12-6-3-7-13(9-12)21-15(16)17/h3,6-7,9-11,15H,4-5,8,18H2,1-2H3,(H,19,20). The van der Waals surface area contributed by atoms with Crippen molar-refractivity contribution in [3.05, 3.63) is 29.8 Å². The van der Waals surface area contributed by atoms with Crippen LogP contribution in [0.4, 0.5) is 8.78 Å². The summed E-state index contributed by atoms with van der Waals surface area (Å²) >= 11 is 0. The van der Waals surface area contributed by atoms with E-state index in [1.165, 1.54) is 12.1 Å². The largest absolute Gasteiger partial charge is 0.435 e. The van der Waals surface area contributed by atoms with E-state index in [0.29, 0.717) is 12.1 Å². The number of hydrogen-bond donors (Lipinski definition) is 2. The van der Waals surface area contributed by atoms with Crippen molar-refractivity contribution in [3.63, 3.8) is 0 Å². The second kappa shape index (κ2) is 8.56. The van der Waals surface area contributed by atoms with Gasteiger partial charge in [0.15, 0.2) is 0 Å². The van der Waals surface area contributed by atoms with Gasteiger partial charge in [-0.3, -0.25) is 4.79 Å². The van der Waals surface area contributed by atoms with Gasteiger partial charge < -0.3 is 15.8 Å². The van der Waals surface area contributed by atoms with Crippen LogP contribution in [0.5, 0.6) is 5.75 Å². The summed E-state index contributed by atoms with van der Waals surface area (Å²) < 4.78 is 28.7. The SMILES string of the molecule is CC(CCCN)C(=O)NC(C)c1cccc(OC(F)F)c1. The minimum absolute atomic E-state index is 0.0730. The topological polar surface area (TPSA) is 64.4 Å². The number of nitrogens with one attached hydrogen (secondary N) is 1. The van der Waals surface area contributed by atoms with Gasteiger partial charge in [0.1, 0.15) is 5.75 Å². The molecule has 4 nitrogen and oxygen atoms in total. The number of rotatable bonds is 8. The Balaban J connectivity index is 2.62. The van der Waals surface area contributed by atoms with Gasteiger partial charge >= 0.3 is 6.61 Å². The molecule has 1 rings (SSSR count). The maximum Gasteiger partial charge on any atom is 0.387 e. The second-order valence-electron chi connectivity index (χ2n) is 5.01. The highest BCUT2D eigenvalue weighted by atomic mass is 19.3. The zero-order valence-electron chi connectivity index (χ0n) is 12.3. The molecule has 118 valence electrons. The molecular weight excluding hydrogens is 278 g/mol. The average Bonchev–Trinajstić information content (AvgIpc) is 2.44. The van der Waals surface area contributed by atoms with Crippen LogP contribution in [0.25, 0.3) is 0 Å². The predicted octanol–water partition coefficient (Wildman–Crippen LogP) is 2.84. The van der Waals surface area contributed by atoms with E-state index in [-0.39, 0.29) is 23.6 Å². The third kappa shape index (κ3) is 6.08. The van der Waals surface area contributed by atoms with Crippen molar-refractivity contribution >= 4 is 5.91 Å². The first-order valence-corrected chi connectivity index (χ1v) is 6.99. The van der Waals surface area contributed by atoms with Crippen LogP contribution in [0.15, 0.2) is 24.3 Å². The van der Waals surface area contributed by atoms with Gasteiger partial charge in [-0.05, 0) is 44.0 Å². The van der Waals surface area contributed by atoms with Gasteiger partial charge in [0, 0.05) is 5.92 Å². The molecular formula is C15H22F2N2O2. The Kier molecular flexibility index (Phi) is 7.08. The van der Waals surface area contributed by atoms with Crippen LogP contribution in [0, 0.1) is 5.92 Å². The van der Waals surface area contributed by atoms with E-state index in [0.717, 1.165) is 12.8 Å². The first-order chi connectivity index (χ1) is 9.93. The van der Waals surface area contributed by atoms with E-state index in [4.69, 9.17) is 5.73 Å². The van der Waals surface area contributed by atoms with Gasteiger partial charge in [0.25, 0.3) is 0 Å². The highest BCUT2D eigenvalue weighted by molar-refractivity contribution is 5.78. The van der Waals surface area contributed by atoms with Crippen LogP contribution < -0.4 is 15.8 Å². The van der Waals surface area contributed by atoms with Crippen LogP contribution in [0.2, 0.25) is 0 Å². The zero-order chi connectivity index (χ0) is 15.8. The molecule has 2 unspecified atom stereocenters. The fourth-order valence-electron chi connectivity index (χ4n) is 1.95. The number of alkyl halides is 2. The van der Waals surface area contributed by atoms with Crippen molar-refractivity contribution in [1.29, 1.82) is 0 Å². The predicted molar refractivity (Wildman–Crippen MR) is 77.1 cm³/mol. The molecule has 1 aromatic carbocycles. The number of nitrogens with two attached hydrogens (primary N) is 1. The molecule has 0 saturated carbocycles. The minimum Gasteiger partial charge on any atom is -0.435 e. The Bertz CT molecular complexity index is 455. The smallest absolute Gasteiger partial charge is 0.387 e. The lowest BCUT2D eigenvalue weighted by Crippen LogP contribution is -2.31. The average molecular weight is 300 g/mol. The van der Waals surface area contributed by atoms with Gasteiger partial charge in [0.05, 0.1) is 6.04 Å². The van der Waals surface area contributed by atoms with E-state index < -0.39 is 6.61 Å². The van der Waals surface area contributed by atoms with E-state index in [2.05, 4.69) is 10.1 Å². The zero-order valence-corrected chi connectivity index (χ0v) is 12.3. The van der Waals surface area contributed by atoms with E-state index in [1.807, 2.05) is 6.92 Å². The Labute approximate surface area is 123 Å². The molecule has 0 bridgehead atoms. The van der Waals surface area contributed by atoms with Crippen LogP contribution in [-0.2, 0) is 4.79 Å². The van der Waals surface area contributed by atoms with Crippen molar-refractivity contribution in [3.8, 4) is 5.75 Å². The number of benzene rings is 1. The molecule has 0 aliphatic rings. The number of carbonyl (C=O) groups is 1. The quantitative estimate of drug-likeness (QED) is 0.776. The fourth-order valence-corrected chi connectivity index (χ4v) is 1.95. The van der Waals surface area contributed by atoms with Gasteiger partial charge in [0.2, 0.25) is 5.91 Å². The van der Waals surface area contributed by atoms with Crippen LogP contribution >= 0.6 is 0 Å². The third-order valence-corrected chi connectivity index (χ3v) is 3.23. The van der Waals surface area contributed by atoms with Crippen molar-refractivity contribution in [2.75, 3.05) is 6.54 Å². The molecule has 0 aromatic heterocycles. The van der Waals surface area contributed by atoms with Gasteiger partial charge in [-0.2, -0.15) is 8.78 Å². The molecule has 0 radical (unpaired) electrons. The Morgan fingerprint density at radius 2 is 2.10 bits per heavy atom. The monoisotopic (exact) mass is 300 g/mol. The lowest BCUT2D eigenvalue weighted by atomic mass is 10.0. The molecule has 1 aromatic rings.